The quantitative estimate of drug-likeness (QED) is 0.567. The molecule has 0 N–H and O–H groups in total. The molecule has 2 bridgehead atoms. The molecule has 3 aliphatic carbocycles. The number of oxime groups is 1. The fourth-order valence-corrected chi connectivity index (χ4v) is 2.73. The van der Waals surface area contributed by atoms with Crippen molar-refractivity contribution >= 4 is 5.71 Å². The van der Waals surface area contributed by atoms with Crippen molar-refractivity contribution in [2.75, 3.05) is 7.11 Å². The smallest absolute Gasteiger partial charge is 0.106 e. The van der Waals surface area contributed by atoms with Gasteiger partial charge in [-0.2, -0.15) is 0 Å². The van der Waals surface area contributed by atoms with E-state index in [1.54, 1.807) is 7.11 Å². The summed E-state index contributed by atoms with van der Waals surface area (Å²) in [5.41, 5.74) is 2.74. The van der Waals surface area contributed by atoms with E-state index in [1.165, 1.54) is 12.0 Å². The third-order valence-electron chi connectivity index (χ3n) is 3.90. The minimum Gasteiger partial charge on any atom is -0.399 e. The van der Waals surface area contributed by atoms with Gasteiger partial charge in [0.25, 0.3) is 0 Å². The maximum absolute atomic E-state index is 4.82. The van der Waals surface area contributed by atoms with E-state index in [4.69, 9.17) is 4.84 Å². The van der Waals surface area contributed by atoms with E-state index in [2.05, 4.69) is 25.6 Å². The molecule has 3 aliphatic rings. The van der Waals surface area contributed by atoms with Crippen LogP contribution < -0.4 is 0 Å². The molecule has 0 saturated heterocycles. The highest BCUT2D eigenvalue weighted by molar-refractivity contribution is 6.01. The molecule has 3 fully saturated rings. The third-order valence-corrected chi connectivity index (χ3v) is 3.90. The Morgan fingerprint density at radius 1 is 1.54 bits per heavy atom. The zero-order valence-corrected chi connectivity index (χ0v) is 8.63. The van der Waals surface area contributed by atoms with Gasteiger partial charge in [-0.1, -0.05) is 25.6 Å². The number of nitrogens with zero attached hydrogens (tertiary/aromatic N) is 1. The molecule has 0 aliphatic heterocycles. The Morgan fingerprint density at radius 2 is 2.23 bits per heavy atom. The zero-order valence-electron chi connectivity index (χ0n) is 8.63. The highest BCUT2D eigenvalue weighted by atomic mass is 16.6. The summed E-state index contributed by atoms with van der Waals surface area (Å²) < 4.78 is 0. The molecule has 2 nitrogen and oxygen atoms in total. The van der Waals surface area contributed by atoms with Crippen LogP contribution >= 0.6 is 0 Å². The van der Waals surface area contributed by atoms with Crippen molar-refractivity contribution in [1.29, 1.82) is 0 Å². The summed E-state index contributed by atoms with van der Waals surface area (Å²) in [6.07, 6.45) is 2.35. The van der Waals surface area contributed by atoms with Gasteiger partial charge in [0.1, 0.15) is 7.11 Å². The lowest BCUT2D eigenvalue weighted by Crippen LogP contribution is -2.52. The van der Waals surface area contributed by atoms with E-state index < -0.39 is 0 Å². The van der Waals surface area contributed by atoms with Crippen molar-refractivity contribution in [3.8, 4) is 0 Å². The molecule has 72 valence electrons. The van der Waals surface area contributed by atoms with Crippen LogP contribution in [0.4, 0.5) is 0 Å². The van der Waals surface area contributed by atoms with Crippen LogP contribution in [0.5, 0.6) is 0 Å². The highest BCUT2D eigenvalue weighted by Crippen LogP contribution is 2.59. The molecular weight excluding hydrogens is 162 g/mol. The van der Waals surface area contributed by atoms with Crippen LogP contribution in [0, 0.1) is 17.3 Å². The fourth-order valence-electron chi connectivity index (χ4n) is 2.73. The predicted molar refractivity (Wildman–Crippen MR) is 53.6 cm³/mol. The fraction of sp³-hybridized carbons (Fsp3) is 0.727. The molecule has 0 aromatic rings. The number of hydrogen-bond acceptors (Lipinski definition) is 2. The first kappa shape index (κ1) is 8.79. The van der Waals surface area contributed by atoms with E-state index >= 15 is 0 Å². The molecule has 2 heteroatoms. The predicted octanol–water partition coefficient (Wildman–Crippen LogP) is 2.61. The monoisotopic (exact) mass is 179 g/mol. The van der Waals surface area contributed by atoms with Gasteiger partial charge in [0.2, 0.25) is 0 Å². The maximum Gasteiger partial charge on any atom is 0.106 e. The van der Waals surface area contributed by atoms with Gasteiger partial charge in [0.15, 0.2) is 0 Å². The number of allylic oxidation sites excluding steroid dienone is 1. The second-order valence-electron chi connectivity index (χ2n) is 4.76. The van der Waals surface area contributed by atoms with Crippen LogP contribution in [0.3, 0.4) is 0 Å². The first-order valence-corrected chi connectivity index (χ1v) is 4.86. The van der Waals surface area contributed by atoms with Crippen molar-refractivity contribution in [1.82, 2.24) is 0 Å². The van der Waals surface area contributed by atoms with Crippen LogP contribution in [0.2, 0.25) is 0 Å². The molecule has 3 saturated carbocycles. The van der Waals surface area contributed by atoms with Gasteiger partial charge in [0.05, 0.1) is 5.71 Å². The van der Waals surface area contributed by atoms with Crippen LogP contribution in [0.15, 0.2) is 17.3 Å². The number of rotatable bonds is 1. The van der Waals surface area contributed by atoms with Crippen LogP contribution in [0.1, 0.15) is 26.7 Å². The number of fused-ring (bicyclic) bond motifs is 2. The van der Waals surface area contributed by atoms with Gasteiger partial charge in [-0.25, -0.2) is 0 Å². The molecule has 0 radical (unpaired) electrons. The molecule has 2 atom stereocenters. The Balaban J connectivity index is 2.22. The van der Waals surface area contributed by atoms with Crippen molar-refractivity contribution in [2.45, 2.75) is 26.7 Å². The normalized spacial score (nSPS) is 38.7. The van der Waals surface area contributed by atoms with Crippen molar-refractivity contribution in [2.24, 2.45) is 22.4 Å². The first-order chi connectivity index (χ1) is 6.07. The van der Waals surface area contributed by atoms with Gasteiger partial charge < -0.3 is 4.84 Å². The van der Waals surface area contributed by atoms with Crippen LogP contribution in [-0.2, 0) is 4.84 Å². The zero-order chi connectivity index (χ0) is 9.64. The summed E-state index contributed by atoms with van der Waals surface area (Å²) in [5, 5.41) is 4.03. The van der Waals surface area contributed by atoms with Gasteiger partial charge in [-0.15, -0.1) is 0 Å². The lowest BCUT2D eigenvalue weighted by atomic mass is 9.47. The van der Waals surface area contributed by atoms with Gasteiger partial charge in [-0.3, -0.25) is 0 Å². The summed E-state index contributed by atoms with van der Waals surface area (Å²) in [4.78, 5) is 4.82. The van der Waals surface area contributed by atoms with Crippen LogP contribution in [0.25, 0.3) is 0 Å². The molecule has 3 rings (SSSR count). The first-order valence-electron chi connectivity index (χ1n) is 4.86. The molecule has 13 heavy (non-hydrogen) atoms. The van der Waals surface area contributed by atoms with Crippen molar-refractivity contribution in [3.05, 3.63) is 12.2 Å². The summed E-state index contributed by atoms with van der Waals surface area (Å²) >= 11 is 0. The summed E-state index contributed by atoms with van der Waals surface area (Å²) in [6.45, 7) is 8.79. The Hall–Kier alpha value is -0.790. The second kappa shape index (κ2) is 2.60. The molecule has 0 spiro atoms. The van der Waals surface area contributed by atoms with Gasteiger partial charge >= 0.3 is 0 Å². The van der Waals surface area contributed by atoms with Crippen LogP contribution in [-0.4, -0.2) is 12.8 Å². The highest BCUT2D eigenvalue weighted by Gasteiger charge is 2.53. The maximum atomic E-state index is 4.82. The largest absolute Gasteiger partial charge is 0.399 e. The second-order valence-corrected chi connectivity index (χ2v) is 4.76. The average molecular weight is 179 g/mol. The molecule has 0 aromatic heterocycles. The molecular formula is C11H17NO. The molecule has 0 unspecified atom stereocenters. The van der Waals surface area contributed by atoms with E-state index in [0.29, 0.717) is 11.3 Å². The van der Waals surface area contributed by atoms with E-state index in [0.717, 1.165) is 18.1 Å². The van der Waals surface area contributed by atoms with E-state index in [1.807, 2.05) is 0 Å². The minimum atomic E-state index is 0.448. The topological polar surface area (TPSA) is 21.6 Å². The standard InChI is InChI=1S/C11H17NO/c1-7-9-5-8(11(9,2)3)6-10(7)12-13-4/h8-9H,1,5-6H2,2-4H3/b12-10-/t8-,9+/m1/s1. The van der Waals surface area contributed by atoms with Crippen molar-refractivity contribution in [3.63, 3.8) is 0 Å². The Kier molecular flexibility index (Phi) is 1.76. The molecule has 0 aromatic carbocycles. The molecule has 0 heterocycles. The summed E-state index contributed by atoms with van der Waals surface area (Å²) in [7, 11) is 1.60. The lowest BCUT2D eigenvalue weighted by molar-refractivity contribution is 0.000258. The van der Waals surface area contributed by atoms with Gasteiger partial charge in [-0.05, 0) is 35.7 Å². The Labute approximate surface area is 79.7 Å². The van der Waals surface area contributed by atoms with E-state index in [-0.39, 0.29) is 0 Å². The average Bonchev–Trinajstić information content (AvgIpc) is 2.08. The minimum absolute atomic E-state index is 0.448. The van der Waals surface area contributed by atoms with Crippen molar-refractivity contribution < 1.29 is 4.84 Å². The SMILES string of the molecule is C=C1/C(=N\OC)C[C@H]2C[C@@H]1C2(C)C. The summed E-state index contributed by atoms with van der Waals surface area (Å²) in [5.74, 6) is 1.43. The van der Waals surface area contributed by atoms with E-state index in [9.17, 15) is 0 Å². The number of hydrogen-bond donors (Lipinski definition) is 0. The molecule has 0 amide bonds. The summed E-state index contributed by atoms with van der Waals surface area (Å²) in [6, 6.07) is 0. The lowest BCUT2D eigenvalue weighted by Gasteiger charge is -2.57. The Bertz CT molecular complexity index is 278. The third kappa shape index (κ3) is 1.04. The van der Waals surface area contributed by atoms with Gasteiger partial charge in [0, 0.05) is 0 Å². The Morgan fingerprint density at radius 3 is 2.69 bits per heavy atom.